The Kier molecular flexibility index (Phi) is 12.1. The summed E-state index contributed by atoms with van der Waals surface area (Å²) in [6.45, 7) is 2.17. The van der Waals surface area contributed by atoms with E-state index in [1.54, 1.807) is 80.9 Å². The molecule has 0 aliphatic carbocycles. The molecule has 0 bridgehead atoms. The zero-order valence-corrected chi connectivity index (χ0v) is 17.7. The van der Waals surface area contributed by atoms with Crippen LogP contribution < -0.4 is 4.74 Å². The van der Waals surface area contributed by atoms with E-state index in [0.717, 1.165) is 12.0 Å². The molecule has 0 spiro atoms. The first-order chi connectivity index (χ1) is 15.0. The molecule has 31 heavy (non-hydrogen) atoms. The van der Waals surface area contributed by atoms with Crippen LogP contribution in [0.3, 0.4) is 0 Å². The minimum atomic E-state index is -0.319. The maximum absolute atomic E-state index is 11.0. The maximum atomic E-state index is 11.0. The number of carbonyl (C=O) groups excluding carboxylic acids is 3. The van der Waals surface area contributed by atoms with Gasteiger partial charge in [-0.15, -0.1) is 0 Å². The van der Waals surface area contributed by atoms with Gasteiger partial charge in [0.2, 0.25) is 0 Å². The number of nitrogens with zero attached hydrogens (tertiary/aromatic N) is 1. The van der Waals surface area contributed by atoms with Crippen LogP contribution in [0.1, 0.15) is 38.0 Å². The van der Waals surface area contributed by atoms with Gasteiger partial charge in [-0.2, -0.15) is 0 Å². The van der Waals surface area contributed by atoms with E-state index in [1.165, 1.54) is 13.3 Å². The van der Waals surface area contributed by atoms with Crippen molar-refractivity contribution in [3.05, 3.63) is 95.8 Å². The van der Waals surface area contributed by atoms with Crippen LogP contribution in [0.25, 0.3) is 0 Å². The van der Waals surface area contributed by atoms with Crippen molar-refractivity contribution in [3.8, 4) is 5.75 Å². The molecule has 0 aliphatic heterocycles. The summed E-state index contributed by atoms with van der Waals surface area (Å²) in [5.41, 5.74) is 1.75. The van der Waals surface area contributed by atoms with Crippen LogP contribution in [-0.4, -0.2) is 44.0 Å². The van der Waals surface area contributed by atoms with Gasteiger partial charge in [0.25, 0.3) is 0 Å². The SMILES string of the molecule is CCOC(=O)c1cccnc1.COC(=O)c1ccccc1.COc1ccc(C=O)cc1. The normalized spacial score (nSPS) is 9.00. The van der Waals surface area contributed by atoms with Crippen molar-refractivity contribution in [3.63, 3.8) is 0 Å². The molecule has 3 rings (SSSR count). The second-order valence-corrected chi connectivity index (χ2v) is 5.71. The predicted molar refractivity (Wildman–Crippen MR) is 116 cm³/mol. The number of hydrogen-bond acceptors (Lipinski definition) is 7. The summed E-state index contributed by atoms with van der Waals surface area (Å²) in [5, 5.41) is 0. The molecule has 0 saturated carbocycles. The Bertz CT molecular complexity index is 912. The Morgan fingerprint density at radius 3 is 2.00 bits per heavy atom. The van der Waals surface area contributed by atoms with Crippen LogP contribution in [-0.2, 0) is 9.47 Å². The minimum absolute atomic E-state index is 0.291. The number of benzene rings is 2. The van der Waals surface area contributed by atoms with E-state index in [-0.39, 0.29) is 11.9 Å². The highest BCUT2D eigenvalue weighted by atomic mass is 16.5. The summed E-state index contributed by atoms with van der Waals surface area (Å²) in [5.74, 6) is 0.159. The molecule has 0 fully saturated rings. The Morgan fingerprint density at radius 2 is 1.52 bits per heavy atom. The lowest BCUT2D eigenvalue weighted by Crippen LogP contribution is -2.04. The van der Waals surface area contributed by atoms with Crippen molar-refractivity contribution in [2.75, 3.05) is 20.8 Å². The molecular formula is C24H25NO6. The second-order valence-electron chi connectivity index (χ2n) is 5.71. The Labute approximate surface area is 181 Å². The topological polar surface area (TPSA) is 91.8 Å². The smallest absolute Gasteiger partial charge is 0.339 e. The summed E-state index contributed by atoms with van der Waals surface area (Å²) in [4.78, 5) is 35.7. The molecule has 2 aromatic carbocycles. The maximum Gasteiger partial charge on any atom is 0.339 e. The zero-order chi connectivity index (χ0) is 22.9. The average Bonchev–Trinajstić information content (AvgIpc) is 2.85. The van der Waals surface area contributed by atoms with Gasteiger partial charge in [-0.3, -0.25) is 9.78 Å². The fourth-order valence-corrected chi connectivity index (χ4v) is 2.07. The Morgan fingerprint density at radius 1 is 0.871 bits per heavy atom. The molecule has 0 radical (unpaired) electrons. The molecule has 0 saturated heterocycles. The lowest BCUT2D eigenvalue weighted by atomic mass is 10.2. The largest absolute Gasteiger partial charge is 0.497 e. The number of methoxy groups -OCH3 is 2. The van der Waals surface area contributed by atoms with Crippen LogP contribution in [0.15, 0.2) is 79.1 Å². The van der Waals surface area contributed by atoms with Crippen molar-refractivity contribution in [1.29, 1.82) is 0 Å². The van der Waals surface area contributed by atoms with E-state index in [0.29, 0.717) is 23.3 Å². The predicted octanol–water partition coefficient (Wildman–Crippen LogP) is 4.24. The number of aldehydes is 1. The Balaban J connectivity index is 0.000000233. The number of esters is 2. The van der Waals surface area contributed by atoms with Crippen molar-refractivity contribution < 1.29 is 28.6 Å². The Hall–Kier alpha value is -4.00. The summed E-state index contributed by atoms with van der Waals surface area (Å²) in [7, 11) is 2.96. The van der Waals surface area contributed by atoms with Gasteiger partial charge in [-0.1, -0.05) is 18.2 Å². The average molecular weight is 423 g/mol. The minimum Gasteiger partial charge on any atom is -0.497 e. The molecule has 0 unspecified atom stereocenters. The number of hydrogen-bond donors (Lipinski definition) is 0. The van der Waals surface area contributed by atoms with Crippen LogP contribution >= 0.6 is 0 Å². The van der Waals surface area contributed by atoms with Gasteiger partial charge in [0.15, 0.2) is 0 Å². The molecule has 0 atom stereocenters. The van der Waals surface area contributed by atoms with E-state index in [9.17, 15) is 14.4 Å². The molecule has 1 aromatic heterocycles. The molecule has 1 heterocycles. The lowest BCUT2D eigenvalue weighted by Gasteiger charge is -1.98. The fraction of sp³-hybridized carbons (Fsp3) is 0.167. The molecule has 0 N–H and O–H groups in total. The molecule has 162 valence electrons. The van der Waals surface area contributed by atoms with Gasteiger partial charge in [0.1, 0.15) is 12.0 Å². The van der Waals surface area contributed by atoms with Crippen LogP contribution in [0, 0.1) is 0 Å². The number of carbonyl (C=O) groups is 3. The van der Waals surface area contributed by atoms with Gasteiger partial charge in [-0.25, -0.2) is 9.59 Å². The first-order valence-corrected chi connectivity index (χ1v) is 9.35. The highest BCUT2D eigenvalue weighted by Crippen LogP contribution is 2.09. The third-order valence-corrected chi connectivity index (χ3v) is 3.62. The van der Waals surface area contributed by atoms with Gasteiger partial charge in [-0.05, 0) is 55.5 Å². The van der Waals surface area contributed by atoms with Crippen molar-refractivity contribution in [2.45, 2.75) is 6.92 Å². The molecule has 7 heteroatoms. The monoisotopic (exact) mass is 423 g/mol. The third-order valence-electron chi connectivity index (χ3n) is 3.62. The first kappa shape index (κ1) is 25.0. The van der Waals surface area contributed by atoms with Gasteiger partial charge < -0.3 is 14.2 Å². The van der Waals surface area contributed by atoms with E-state index in [4.69, 9.17) is 9.47 Å². The lowest BCUT2D eigenvalue weighted by molar-refractivity contribution is 0.0524. The summed E-state index contributed by atoms with van der Waals surface area (Å²) >= 11 is 0. The summed E-state index contributed by atoms with van der Waals surface area (Å²) in [6.07, 6.45) is 3.90. The van der Waals surface area contributed by atoms with Crippen LogP contribution in [0.4, 0.5) is 0 Å². The first-order valence-electron chi connectivity index (χ1n) is 9.35. The van der Waals surface area contributed by atoms with Crippen LogP contribution in [0.5, 0.6) is 5.75 Å². The number of aromatic nitrogens is 1. The van der Waals surface area contributed by atoms with Crippen molar-refractivity contribution in [1.82, 2.24) is 4.98 Å². The third kappa shape index (κ3) is 9.85. The van der Waals surface area contributed by atoms with E-state index < -0.39 is 0 Å². The summed E-state index contributed by atoms with van der Waals surface area (Å²) < 4.78 is 14.1. The molecule has 3 aromatic rings. The van der Waals surface area contributed by atoms with Gasteiger partial charge in [0.05, 0.1) is 32.0 Å². The van der Waals surface area contributed by atoms with E-state index in [2.05, 4.69) is 9.72 Å². The number of ether oxygens (including phenoxy) is 3. The highest BCUT2D eigenvalue weighted by Gasteiger charge is 2.03. The molecule has 0 amide bonds. The van der Waals surface area contributed by atoms with E-state index in [1.807, 2.05) is 6.07 Å². The molecule has 0 aliphatic rings. The standard InChI is InChI=1S/C8H9NO2.2C8H8O2/c1-2-11-8(10)7-4-3-5-9-6-7;1-10-8-4-2-7(6-9)3-5-8;1-10-8(9)7-5-3-2-4-6-7/h3-6H,2H2,1H3;2*2-6H,1H3. The molecule has 7 nitrogen and oxygen atoms in total. The number of rotatable bonds is 5. The number of pyridine rings is 1. The van der Waals surface area contributed by atoms with Gasteiger partial charge in [0, 0.05) is 18.0 Å². The van der Waals surface area contributed by atoms with Crippen molar-refractivity contribution >= 4 is 18.2 Å². The zero-order valence-electron chi connectivity index (χ0n) is 17.7. The van der Waals surface area contributed by atoms with Crippen molar-refractivity contribution in [2.24, 2.45) is 0 Å². The van der Waals surface area contributed by atoms with Crippen LogP contribution in [0.2, 0.25) is 0 Å². The highest BCUT2D eigenvalue weighted by molar-refractivity contribution is 5.89. The second kappa shape index (κ2) is 14.9. The van der Waals surface area contributed by atoms with E-state index >= 15 is 0 Å². The molecular weight excluding hydrogens is 398 g/mol. The fourth-order valence-electron chi connectivity index (χ4n) is 2.07. The summed E-state index contributed by atoms with van der Waals surface area (Å²) in [6, 6.07) is 19.2. The quantitative estimate of drug-likeness (QED) is 0.448. The van der Waals surface area contributed by atoms with Gasteiger partial charge >= 0.3 is 11.9 Å².